The van der Waals surface area contributed by atoms with Crippen LogP contribution in [-0.2, 0) is 24.6 Å². The zero-order valence-electron chi connectivity index (χ0n) is 12.1. The van der Waals surface area contributed by atoms with Gasteiger partial charge in [-0.25, -0.2) is 9.78 Å². The summed E-state index contributed by atoms with van der Waals surface area (Å²) in [5, 5.41) is 0. The summed E-state index contributed by atoms with van der Waals surface area (Å²) in [6, 6.07) is 0. The molecule has 6 heteroatoms. The van der Waals surface area contributed by atoms with E-state index in [-0.39, 0.29) is 6.09 Å². The number of carbonyl (C=O) groups excluding carboxylic acids is 1. The lowest BCUT2D eigenvalue weighted by Crippen LogP contribution is -2.38. The molecule has 0 saturated carbocycles. The van der Waals surface area contributed by atoms with Gasteiger partial charge in [0.2, 0.25) is 0 Å². The van der Waals surface area contributed by atoms with Gasteiger partial charge < -0.3 is 19.9 Å². The standard InChI is InChI=1S/C13H22N4O2/c1-13(2,3)19-12(18)17-7-5-9-10(6-8-17)16(4)11(14)15-9/h5-8H2,1-4H3,(H2,14,15). The predicted octanol–water partition coefficient (Wildman–Crippen LogP) is 1.34. The number of ether oxygens (including phenoxy) is 1. The monoisotopic (exact) mass is 266 g/mol. The van der Waals surface area contributed by atoms with E-state index in [0.717, 1.165) is 24.2 Å². The summed E-state index contributed by atoms with van der Waals surface area (Å²) < 4.78 is 7.29. The number of anilines is 1. The Bertz CT molecular complexity index is 488. The van der Waals surface area contributed by atoms with Crippen molar-refractivity contribution < 1.29 is 9.53 Å². The molecule has 2 N–H and O–H groups in total. The van der Waals surface area contributed by atoms with Crippen LogP contribution in [0.3, 0.4) is 0 Å². The molecule has 0 radical (unpaired) electrons. The van der Waals surface area contributed by atoms with Gasteiger partial charge in [0.1, 0.15) is 5.60 Å². The molecule has 0 atom stereocenters. The molecular formula is C13H22N4O2. The van der Waals surface area contributed by atoms with E-state index in [2.05, 4.69) is 4.98 Å². The van der Waals surface area contributed by atoms with Crippen molar-refractivity contribution in [1.82, 2.24) is 14.5 Å². The fraction of sp³-hybridized carbons (Fsp3) is 0.692. The number of nitrogens with two attached hydrogens (primary N) is 1. The molecule has 0 bridgehead atoms. The fourth-order valence-electron chi connectivity index (χ4n) is 2.22. The molecule has 0 aliphatic carbocycles. The number of hydrogen-bond acceptors (Lipinski definition) is 4. The molecule has 0 fully saturated rings. The first-order chi connectivity index (χ1) is 8.78. The van der Waals surface area contributed by atoms with Gasteiger partial charge in [0.05, 0.1) is 5.69 Å². The fourth-order valence-corrected chi connectivity index (χ4v) is 2.22. The number of amides is 1. The first kappa shape index (κ1) is 13.7. The molecule has 0 aromatic carbocycles. The van der Waals surface area contributed by atoms with Crippen LogP contribution in [0.1, 0.15) is 32.2 Å². The number of carbonyl (C=O) groups is 1. The molecule has 1 aromatic heterocycles. The number of fused-ring (bicyclic) bond motifs is 1. The molecule has 2 heterocycles. The Balaban J connectivity index is 2.06. The van der Waals surface area contributed by atoms with Crippen molar-refractivity contribution in [3.05, 3.63) is 11.4 Å². The van der Waals surface area contributed by atoms with E-state index < -0.39 is 5.60 Å². The Morgan fingerprint density at radius 1 is 1.32 bits per heavy atom. The maximum atomic E-state index is 12.0. The number of rotatable bonds is 0. The van der Waals surface area contributed by atoms with Crippen LogP contribution in [0.5, 0.6) is 0 Å². The van der Waals surface area contributed by atoms with Crippen LogP contribution in [0.15, 0.2) is 0 Å². The second-order valence-electron chi connectivity index (χ2n) is 5.89. The third-order valence-corrected chi connectivity index (χ3v) is 3.22. The molecular weight excluding hydrogens is 244 g/mol. The van der Waals surface area contributed by atoms with Crippen LogP contribution in [0.2, 0.25) is 0 Å². The highest BCUT2D eigenvalue weighted by molar-refractivity contribution is 5.68. The quantitative estimate of drug-likeness (QED) is 0.769. The average molecular weight is 266 g/mol. The van der Waals surface area contributed by atoms with Gasteiger partial charge in [-0.1, -0.05) is 0 Å². The molecule has 1 aliphatic heterocycles. The minimum atomic E-state index is -0.459. The minimum absolute atomic E-state index is 0.256. The highest BCUT2D eigenvalue weighted by Crippen LogP contribution is 2.19. The molecule has 1 amide bonds. The summed E-state index contributed by atoms with van der Waals surface area (Å²) in [6.45, 7) is 6.89. The van der Waals surface area contributed by atoms with Gasteiger partial charge in [0.25, 0.3) is 0 Å². The van der Waals surface area contributed by atoms with Crippen LogP contribution in [0.4, 0.5) is 10.7 Å². The van der Waals surface area contributed by atoms with Crippen LogP contribution in [0.25, 0.3) is 0 Å². The Hall–Kier alpha value is -1.72. The Morgan fingerprint density at radius 3 is 2.58 bits per heavy atom. The maximum absolute atomic E-state index is 12.0. The lowest BCUT2D eigenvalue weighted by atomic mass is 10.2. The largest absolute Gasteiger partial charge is 0.444 e. The zero-order chi connectivity index (χ0) is 14.2. The number of nitrogen functional groups attached to an aromatic ring is 1. The maximum Gasteiger partial charge on any atom is 0.410 e. The van der Waals surface area contributed by atoms with Gasteiger partial charge in [-0.15, -0.1) is 0 Å². The summed E-state index contributed by atoms with van der Waals surface area (Å²) in [7, 11) is 1.91. The van der Waals surface area contributed by atoms with Gasteiger partial charge in [-0.05, 0) is 20.8 Å². The SMILES string of the molecule is Cn1c(N)nc2c1CCN(C(=O)OC(C)(C)C)CC2. The van der Waals surface area contributed by atoms with Gasteiger partial charge >= 0.3 is 6.09 Å². The number of nitrogens with zero attached hydrogens (tertiary/aromatic N) is 3. The molecule has 0 spiro atoms. The van der Waals surface area contributed by atoms with E-state index in [0.29, 0.717) is 19.0 Å². The van der Waals surface area contributed by atoms with E-state index in [1.165, 1.54) is 0 Å². The zero-order valence-corrected chi connectivity index (χ0v) is 12.1. The van der Waals surface area contributed by atoms with Crippen molar-refractivity contribution in [2.45, 2.75) is 39.2 Å². The third kappa shape index (κ3) is 3.00. The van der Waals surface area contributed by atoms with Gasteiger partial charge in [0, 0.05) is 38.7 Å². The summed E-state index contributed by atoms with van der Waals surface area (Å²) in [6.07, 6.45) is 1.22. The van der Waals surface area contributed by atoms with E-state index in [1.54, 1.807) is 4.90 Å². The number of imidazole rings is 1. The Labute approximate surface area is 113 Å². The summed E-state index contributed by atoms with van der Waals surface area (Å²) in [4.78, 5) is 18.1. The van der Waals surface area contributed by atoms with E-state index in [1.807, 2.05) is 32.4 Å². The van der Waals surface area contributed by atoms with Crippen molar-refractivity contribution in [3.63, 3.8) is 0 Å². The van der Waals surface area contributed by atoms with Gasteiger partial charge in [-0.3, -0.25) is 0 Å². The molecule has 0 saturated heterocycles. The summed E-state index contributed by atoms with van der Waals surface area (Å²) in [5.74, 6) is 0.538. The normalized spacial score (nSPS) is 15.9. The number of aromatic nitrogens is 2. The summed E-state index contributed by atoms with van der Waals surface area (Å²) >= 11 is 0. The summed E-state index contributed by atoms with van der Waals surface area (Å²) in [5.41, 5.74) is 7.44. The smallest absolute Gasteiger partial charge is 0.410 e. The first-order valence-electron chi connectivity index (χ1n) is 6.56. The third-order valence-electron chi connectivity index (χ3n) is 3.22. The Morgan fingerprint density at radius 2 is 1.95 bits per heavy atom. The highest BCUT2D eigenvalue weighted by atomic mass is 16.6. The van der Waals surface area contributed by atoms with E-state index in [9.17, 15) is 4.79 Å². The van der Waals surface area contributed by atoms with Crippen molar-refractivity contribution in [2.75, 3.05) is 18.8 Å². The molecule has 1 aliphatic rings. The first-order valence-corrected chi connectivity index (χ1v) is 6.56. The van der Waals surface area contributed by atoms with Crippen LogP contribution < -0.4 is 5.73 Å². The molecule has 106 valence electrons. The van der Waals surface area contributed by atoms with Gasteiger partial charge in [-0.2, -0.15) is 0 Å². The molecule has 19 heavy (non-hydrogen) atoms. The second kappa shape index (κ2) is 4.75. The van der Waals surface area contributed by atoms with Crippen molar-refractivity contribution in [3.8, 4) is 0 Å². The number of hydrogen-bond donors (Lipinski definition) is 1. The highest BCUT2D eigenvalue weighted by Gasteiger charge is 2.26. The topological polar surface area (TPSA) is 73.4 Å². The predicted molar refractivity (Wildman–Crippen MR) is 72.8 cm³/mol. The van der Waals surface area contributed by atoms with Crippen molar-refractivity contribution >= 4 is 12.0 Å². The minimum Gasteiger partial charge on any atom is -0.444 e. The average Bonchev–Trinajstić information content (AvgIpc) is 2.48. The second-order valence-corrected chi connectivity index (χ2v) is 5.89. The van der Waals surface area contributed by atoms with Gasteiger partial charge in [0.15, 0.2) is 5.95 Å². The molecule has 1 aromatic rings. The van der Waals surface area contributed by atoms with Crippen LogP contribution in [0, 0.1) is 0 Å². The molecule has 6 nitrogen and oxygen atoms in total. The van der Waals surface area contributed by atoms with Crippen molar-refractivity contribution in [2.24, 2.45) is 7.05 Å². The van der Waals surface area contributed by atoms with E-state index in [4.69, 9.17) is 10.5 Å². The molecule has 2 rings (SSSR count). The lowest BCUT2D eigenvalue weighted by molar-refractivity contribution is 0.0258. The lowest BCUT2D eigenvalue weighted by Gasteiger charge is -2.26. The van der Waals surface area contributed by atoms with Crippen LogP contribution in [-0.4, -0.2) is 39.2 Å². The van der Waals surface area contributed by atoms with Crippen molar-refractivity contribution in [1.29, 1.82) is 0 Å². The molecule has 0 unspecified atom stereocenters. The Kier molecular flexibility index (Phi) is 3.43. The van der Waals surface area contributed by atoms with E-state index >= 15 is 0 Å². The van der Waals surface area contributed by atoms with Crippen LogP contribution >= 0.6 is 0 Å².